The molecule has 3 heteroatoms. The lowest BCUT2D eigenvalue weighted by Crippen LogP contribution is -2.29. The lowest BCUT2D eigenvalue weighted by atomic mass is 9.98. The summed E-state index contributed by atoms with van der Waals surface area (Å²) in [5.41, 5.74) is 1.32. The normalized spacial score (nSPS) is 17.8. The van der Waals surface area contributed by atoms with Crippen LogP contribution in [0.4, 0.5) is 0 Å². The second kappa shape index (κ2) is 3.02. The first-order valence-electron chi connectivity index (χ1n) is 4.74. The fourth-order valence-electron chi connectivity index (χ4n) is 1.93. The molecule has 1 fully saturated rings. The summed E-state index contributed by atoms with van der Waals surface area (Å²) in [6.07, 6.45) is 6.44. The Kier molecular flexibility index (Phi) is 2.11. The zero-order chi connectivity index (χ0) is 9.47. The third-order valence-corrected chi connectivity index (χ3v) is 3.32. The molecule has 1 saturated carbocycles. The van der Waals surface area contributed by atoms with Gasteiger partial charge < -0.3 is 4.57 Å². The Morgan fingerprint density at radius 3 is 2.85 bits per heavy atom. The third kappa shape index (κ3) is 1.48. The molecule has 1 aliphatic rings. The van der Waals surface area contributed by atoms with E-state index in [1.165, 1.54) is 12.8 Å². The van der Waals surface area contributed by atoms with Crippen molar-refractivity contribution in [1.82, 2.24) is 9.55 Å². The fraction of sp³-hybridized carbons (Fsp3) is 0.700. The Balaban J connectivity index is 2.32. The molecule has 0 amide bonds. The molecule has 13 heavy (non-hydrogen) atoms. The van der Waals surface area contributed by atoms with E-state index in [-0.39, 0.29) is 5.54 Å². The molecule has 0 radical (unpaired) electrons. The summed E-state index contributed by atoms with van der Waals surface area (Å²) < 4.78 is 2.22. The number of rotatable bonds is 3. The van der Waals surface area contributed by atoms with Gasteiger partial charge in [0.15, 0.2) is 0 Å². The summed E-state index contributed by atoms with van der Waals surface area (Å²) in [7, 11) is 0. The van der Waals surface area contributed by atoms with Crippen LogP contribution in [-0.4, -0.2) is 9.55 Å². The summed E-state index contributed by atoms with van der Waals surface area (Å²) in [4.78, 5) is 4.15. The van der Waals surface area contributed by atoms with E-state index in [0.29, 0.717) is 5.88 Å². The maximum absolute atomic E-state index is 5.84. The number of aromatic nitrogens is 2. The van der Waals surface area contributed by atoms with E-state index < -0.39 is 0 Å². The largest absolute Gasteiger partial charge is 0.328 e. The minimum Gasteiger partial charge on any atom is -0.328 e. The molecule has 0 atom stereocenters. The zero-order valence-corrected chi connectivity index (χ0v) is 8.88. The van der Waals surface area contributed by atoms with Crippen LogP contribution in [0.5, 0.6) is 0 Å². The Labute approximate surface area is 83.9 Å². The van der Waals surface area contributed by atoms with E-state index in [4.69, 9.17) is 11.6 Å². The molecule has 1 heterocycles. The summed E-state index contributed by atoms with van der Waals surface area (Å²) in [6.45, 7) is 4.53. The average Bonchev–Trinajstić information content (AvgIpc) is 2.84. The molecule has 0 saturated heterocycles. The van der Waals surface area contributed by atoms with Crippen molar-refractivity contribution in [1.29, 1.82) is 0 Å². The molecule has 0 unspecified atom stereocenters. The van der Waals surface area contributed by atoms with Gasteiger partial charge in [0.25, 0.3) is 0 Å². The van der Waals surface area contributed by atoms with Crippen LogP contribution in [0.2, 0.25) is 0 Å². The quantitative estimate of drug-likeness (QED) is 0.683. The molecule has 2 nitrogen and oxygen atoms in total. The highest BCUT2D eigenvalue weighted by Crippen LogP contribution is 2.44. The third-order valence-electron chi connectivity index (χ3n) is 3.05. The highest BCUT2D eigenvalue weighted by molar-refractivity contribution is 6.16. The minimum absolute atomic E-state index is 0.195. The lowest BCUT2D eigenvalue weighted by molar-refractivity contribution is 0.298. The van der Waals surface area contributed by atoms with Gasteiger partial charge in [-0.1, -0.05) is 0 Å². The van der Waals surface area contributed by atoms with Crippen LogP contribution in [0.3, 0.4) is 0 Å². The molecular weight excluding hydrogens is 184 g/mol. The fourth-order valence-corrected chi connectivity index (χ4v) is 2.12. The van der Waals surface area contributed by atoms with Crippen molar-refractivity contribution in [2.75, 3.05) is 0 Å². The molecule has 2 rings (SSSR count). The average molecular weight is 199 g/mol. The number of hydrogen-bond donors (Lipinski definition) is 0. The Hall–Kier alpha value is -0.500. The number of nitrogens with zero attached hydrogens (tertiary/aromatic N) is 2. The zero-order valence-electron chi connectivity index (χ0n) is 8.13. The van der Waals surface area contributed by atoms with Gasteiger partial charge in [-0.25, -0.2) is 4.98 Å². The number of alkyl halides is 1. The molecule has 0 aliphatic heterocycles. The molecule has 0 N–H and O–H groups in total. The minimum atomic E-state index is 0.195. The Morgan fingerprint density at radius 2 is 2.31 bits per heavy atom. The summed E-state index contributed by atoms with van der Waals surface area (Å²) in [5, 5.41) is 0. The first kappa shape index (κ1) is 9.07. The van der Waals surface area contributed by atoms with Crippen molar-refractivity contribution in [3.05, 3.63) is 18.2 Å². The van der Waals surface area contributed by atoms with Gasteiger partial charge in [-0.3, -0.25) is 0 Å². The standard InChI is InChI=1S/C10H15ClN2/c1-10(2,8-3-4-8)13-7-12-6-9(13)5-11/h6-8H,3-5H2,1-2H3. The van der Waals surface area contributed by atoms with Gasteiger partial charge in [0.2, 0.25) is 0 Å². The molecule has 0 aromatic carbocycles. The smallest absolute Gasteiger partial charge is 0.0953 e. The summed E-state index contributed by atoms with van der Waals surface area (Å²) in [5.74, 6) is 1.36. The van der Waals surface area contributed by atoms with E-state index in [1.54, 1.807) is 0 Å². The molecule has 1 aromatic rings. The lowest BCUT2D eigenvalue weighted by Gasteiger charge is -2.28. The molecule has 0 bridgehead atoms. The summed E-state index contributed by atoms with van der Waals surface area (Å²) >= 11 is 5.84. The van der Waals surface area contributed by atoms with Gasteiger partial charge in [0, 0.05) is 11.7 Å². The SMILES string of the molecule is CC(C)(C1CC1)n1cncc1CCl. The van der Waals surface area contributed by atoms with Gasteiger partial charge in [-0.15, -0.1) is 11.6 Å². The molecule has 1 aromatic heterocycles. The topological polar surface area (TPSA) is 17.8 Å². The number of hydrogen-bond acceptors (Lipinski definition) is 1. The van der Waals surface area contributed by atoms with Crippen LogP contribution in [0.15, 0.2) is 12.5 Å². The highest BCUT2D eigenvalue weighted by Gasteiger charge is 2.39. The Bertz CT molecular complexity index is 300. The van der Waals surface area contributed by atoms with E-state index in [9.17, 15) is 0 Å². The molecule has 72 valence electrons. The van der Waals surface area contributed by atoms with Gasteiger partial charge in [0.05, 0.1) is 17.9 Å². The second-order valence-electron chi connectivity index (χ2n) is 4.32. The van der Waals surface area contributed by atoms with Crippen LogP contribution in [0.1, 0.15) is 32.4 Å². The summed E-state index contributed by atoms with van der Waals surface area (Å²) in [6, 6.07) is 0. The van der Waals surface area contributed by atoms with Crippen LogP contribution >= 0.6 is 11.6 Å². The predicted molar refractivity (Wildman–Crippen MR) is 53.8 cm³/mol. The van der Waals surface area contributed by atoms with Gasteiger partial charge in [-0.05, 0) is 32.6 Å². The van der Waals surface area contributed by atoms with E-state index in [0.717, 1.165) is 11.6 Å². The van der Waals surface area contributed by atoms with E-state index >= 15 is 0 Å². The predicted octanol–water partition coefficient (Wildman–Crippen LogP) is 2.77. The van der Waals surface area contributed by atoms with Gasteiger partial charge in [-0.2, -0.15) is 0 Å². The van der Waals surface area contributed by atoms with Crippen LogP contribution in [-0.2, 0) is 11.4 Å². The van der Waals surface area contributed by atoms with Crippen molar-refractivity contribution < 1.29 is 0 Å². The van der Waals surface area contributed by atoms with Crippen LogP contribution < -0.4 is 0 Å². The van der Waals surface area contributed by atoms with Crippen LogP contribution in [0.25, 0.3) is 0 Å². The maximum atomic E-state index is 5.84. The maximum Gasteiger partial charge on any atom is 0.0953 e. The second-order valence-corrected chi connectivity index (χ2v) is 4.58. The van der Waals surface area contributed by atoms with Crippen molar-refractivity contribution in [2.45, 2.75) is 38.1 Å². The number of halogens is 1. The van der Waals surface area contributed by atoms with Crippen molar-refractivity contribution in [2.24, 2.45) is 5.92 Å². The van der Waals surface area contributed by atoms with E-state index in [1.807, 2.05) is 12.5 Å². The first-order chi connectivity index (χ1) is 6.16. The van der Waals surface area contributed by atoms with Gasteiger partial charge >= 0.3 is 0 Å². The Morgan fingerprint density at radius 1 is 1.62 bits per heavy atom. The van der Waals surface area contributed by atoms with E-state index in [2.05, 4.69) is 23.4 Å². The van der Waals surface area contributed by atoms with Gasteiger partial charge in [0.1, 0.15) is 0 Å². The van der Waals surface area contributed by atoms with Crippen molar-refractivity contribution in [3.8, 4) is 0 Å². The highest BCUT2D eigenvalue weighted by atomic mass is 35.5. The van der Waals surface area contributed by atoms with Crippen molar-refractivity contribution >= 4 is 11.6 Å². The first-order valence-corrected chi connectivity index (χ1v) is 5.27. The van der Waals surface area contributed by atoms with Crippen LogP contribution in [0, 0.1) is 5.92 Å². The molecular formula is C10H15ClN2. The molecule has 1 aliphatic carbocycles. The van der Waals surface area contributed by atoms with Crippen molar-refractivity contribution in [3.63, 3.8) is 0 Å². The number of imidazole rings is 1. The molecule has 0 spiro atoms. The monoisotopic (exact) mass is 198 g/mol.